The van der Waals surface area contributed by atoms with Crippen LogP contribution in [0.25, 0.3) is 6.08 Å². The first kappa shape index (κ1) is 20.4. The molecule has 29 heavy (non-hydrogen) atoms. The number of likely N-dealkylation sites (N-methyl/N-ethyl adjacent to an activating group) is 1. The summed E-state index contributed by atoms with van der Waals surface area (Å²) in [5.41, 5.74) is 2.47. The Morgan fingerprint density at radius 2 is 1.86 bits per heavy atom. The average Bonchev–Trinajstić information content (AvgIpc) is 3.16. The lowest BCUT2D eigenvalue weighted by molar-refractivity contribution is -0.129. The molecule has 0 radical (unpaired) electrons. The van der Waals surface area contributed by atoms with E-state index in [-0.39, 0.29) is 18.4 Å². The molecule has 0 atom stereocenters. The van der Waals surface area contributed by atoms with Crippen LogP contribution in [0.4, 0.5) is 5.69 Å². The number of carbonyl (C=O) groups excluding carboxylic acids is 2. The quantitative estimate of drug-likeness (QED) is 0.606. The third-order valence-corrected chi connectivity index (χ3v) is 4.49. The van der Waals surface area contributed by atoms with E-state index in [0.717, 1.165) is 11.1 Å². The molecule has 0 fully saturated rings. The van der Waals surface area contributed by atoms with E-state index in [9.17, 15) is 9.59 Å². The summed E-state index contributed by atoms with van der Waals surface area (Å²) in [7, 11) is 1.57. The molecular weight excluding hydrogens is 388 g/mol. The minimum absolute atomic E-state index is 0.0817. The van der Waals surface area contributed by atoms with E-state index in [1.54, 1.807) is 48.3 Å². The summed E-state index contributed by atoms with van der Waals surface area (Å²) in [5.74, 6) is -0.604. The smallest absolute Gasteiger partial charge is 0.246 e. The number of halogens is 1. The predicted octanol–water partition coefficient (Wildman–Crippen LogP) is 3.70. The number of benzene rings is 2. The molecule has 0 unspecified atom stereocenters. The van der Waals surface area contributed by atoms with E-state index in [1.165, 1.54) is 11.0 Å². The lowest BCUT2D eigenvalue weighted by Gasteiger charge is -2.15. The Labute approximate surface area is 174 Å². The van der Waals surface area contributed by atoms with E-state index in [1.807, 2.05) is 36.5 Å². The lowest BCUT2D eigenvalue weighted by atomic mass is 10.2. The van der Waals surface area contributed by atoms with Gasteiger partial charge in [0.2, 0.25) is 11.8 Å². The fraction of sp³-hybridized carbons (Fsp3) is 0.136. The molecule has 2 aromatic carbocycles. The summed E-state index contributed by atoms with van der Waals surface area (Å²) in [6.07, 6.45) is 6.66. The molecule has 2 amide bonds. The summed E-state index contributed by atoms with van der Waals surface area (Å²) in [4.78, 5) is 25.7. The number of para-hydroxylation sites is 1. The second-order valence-electron chi connectivity index (χ2n) is 6.51. The topological polar surface area (TPSA) is 67.2 Å². The van der Waals surface area contributed by atoms with Gasteiger partial charge in [0.25, 0.3) is 0 Å². The standard InChI is InChI=1S/C22H21ClN4O2/c1-26(16-21(28)25-20-10-6-5-9-19(20)23)22(29)12-11-18-13-24-27(15-18)14-17-7-3-2-4-8-17/h2-13,15H,14,16H2,1H3,(H,25,28)/b12-11+. The van der Waals surface area contributed by atoms with Gasteiger partial charge in [0.15, 0.2) is 0 Å². The Morgan fingerprint density at radius 3 is 2.62 bits per heavy atom. The average molecular weight is 409 g/mol. The second-order valence-corrected chi connectivity index (χ2v) is 6.92. The fourth-order valence-electron chi connectivity index (χ4n) is 2.66. The highest BCUT2D eigenvalue weighted by atomic mass is 35.5. The van der Waals surface area contributed by atoms with Crippen LogP contribution >= 0.6 is 11.6 Å². The van der Waals surface area contributed by atoms with Crippen molar-refractivity contribution in [2.24, 2.45) is 0 Å². The Hall–Kier alpha value is -3.38. The van der Waals surface area contributed by atoms with Crippen molar-refractivity contribution in [3.05, 3.63) is 89.2 Å². The van der Waals surface area contributed by atoms with Gasteiger partial charge in [0, 0.05) is 24.9 Å². The Balaban J connectivity index is 1.52. The molecule has 7 heteroatoms. The van der Waals surface area contributed by atoms with Crippen LogP contribution in [0.3, 0.4) is 0 Å². The molecule has 0 aliphatic heterocycles. The molecule has 148 valence electrons. The molecule has 0 saturated carbocycles. The first-order chi connectivity index (χ1) is 14.0. The van der Waals surface area contributed by atoms with E-state index in [4.69, 9.17) is 11.6 Å². The van der Waals surface area contributed by atoms with Crippen LogP contribution < -0.4 is 5.32 Å². The zero-order valence-corrected chi connectivity index (χ0v) is 16.7. The van der Waals surface area contributed by atoms with E-state index in [0.29, 0.717) is 17.3 Å². The van der Waals surface area contributed by atoms with Crippen molar-refractivity contribution < 1.29 is 9.59 Å². The molecule has 3 aromatic rings. The van der Waals surface area contributed by atoms with E-state index in [2.05, 4.69) is 10.4 Å². The Bertz CT molecular complexity index is 1010. The number of hydrogen-bond acceptors (Lipinski definition) is 3. The highest BCUT2D eigenvalue weighted by Crippen LogP contribution is 2.20. The number of nitrogens with zero attached hydrogens (tertiary/aromatic N) is 3. The molecular formula is C22H21ClN4O2. The van der Waals surface area contributed by atoms with Crippen LogP contribution in [0.1, 0.15) is 11.1 Å². The van der Waals surface area contributed by atoms with Crippen molar-refractivity contribution in [3.8, 4) is 0 Å². The predicted molar refractivity (Wildman–Crippen MR) is 115 cm³/mol. The summed E-state index contributed by atoms with van der Waals surface area (Å²) in [5, 5.41) is 7.44. The molecule has 6 nitrogen and oxygen atoms in total. The maximum Gasteiger partial charge on any atom is 0.246 e. The van der Waals surface area contributed by atoms with Crippen LogP contribution in [0, 0.1) is 0 Å². The van der Waals surface area contributed by atoms with E-state index < -0.39 is 0 Å². The third-order valence-electron chi connectivity index (χ3n) is 4.16. The summed E-state index contributed by atoms with van der Waals surface area (Å²) in [6, 6.07) is 16.9. The number of aromatic nitrogens is 2. The van der Waals surface area contributed by atoms with Gasteiger partial charge < -0.3 is 10.2 Å². The van der Waals surface area contributed by atoms with Crippen LogP contribution in [0.15, 0.2) is 73.1 Å². The van der Waals surface area contributed by atoms with Crippen molar-refractivity contribution in [2.75, 3.05) is 18.9 Å². The highest BCUT2D eigenvalue weighted by molar-refractivity contribution is 6.33. The molecule has 0 spiro atoms. The normalized spacial score (nSPS) is 10.8. The molecule has 0 aliphatic carbocycles. The lowest BCUT2D eigenvalue weighted by Crippen LogP contribution is -2.33. The number of carbonyl (C=O) groups is 2. The third kappa shape index (κ3) is 6.05. The SMILES string of the molecule is CN(CC(=O)Nc1ccccc1Cl)C(=O)/C=C/c1cnn(Cc2ccccc2)c1. The Kier molecular flexibility index (Phi) is 6.81. The molecule has 1 aromatic heterocycles. The largest absolute Gasteiger partial charge is 0.333 e. The maximum absolute atomic E-state index is 12.3. The summed E-state index contributed by atoms with van der Waals surface area (Å²) >= 11 is 6.02. The molecule has 0 saturated heterocycles. The van der Waals surface area contributed by atoms with Gasteiger partial charge in [-0.2, -0.15) is 5.10 Å². The van der Waals surface area contributed by atoms with Crippen molar-refractivity contribution in [3.63, 3.8) is 0 Å². The van der Waals surface area contributed by atoms with Gasteiger partial charge in [-0.1, -0.05) is 54.1 Å². The van der Waals surface area contributed by atoms with Gasteiger partial charge >= 0.3 is 0 Å². The number of hydrogen-bond donors (Lipinski definition) is 1. The highest BCUT2D eigenvalue weighted by Gasteiger charge is 2.12. The van der Waals surface area contributed by atoms with Crippen molar-refractivity contribution >= 4 is 35.2 Å². The van der Waals surface area contributed by atoms with Crippen LogP contribution in [-0.4, -0.2) is 40.1 Å². The molecule has 0 aliphatic rings. The fourth-order valence-corrected chi connectivity index (χ4v) is 2.85. The Morgan fingerprint density at radius 1 is 1.14 bits per heavy atom. The van der Waals surface area contributed by atoms with E-state index >= 15 is 0 Å². The van der Waals surface area contributed by atoms with Crippen LogP contribution in [-0.2, 0) is 16.1 Å². The van der Waals surface area contributed by atoms with Gasteiger partial charge in [0.1, 0.15) is 0 Å². The summed E-state index contributed by atoms with van der Waals surface area (Å²) in [6.45, 7) is 0.576. The van der Waals surface area contributed by atoms with Crippen LogP contribution in [0.2, 0.25) is 5.02 Å². The first-order valence-corrected chi connectivity index (χ1v) is 9.43. The zero-order valence-electron chi connectivity index (χ0n) is 16.0. The van der Waals surface area contributed by atoms with Crippen LogP contribution in [0.5, 0.6) is 0 Å². The van der Waals surface area contributed by atoms with Gasteiger partial charge in [-0.05, 0) is 23.8 Å². The monoisotopic (exact) mass is 408 g/mol. The summed E-state index contributed by atoms with van der Waals surface area (Å²) < 4.78 is 1.81. The minimum atomic E-state index is -0.321. The number of anilines is 1. The number of amides is 2. The second kappa shape index (κ2) is 9.71. The van der Waals surface area contributed by atoms with Gasteiger partial charge in [-0.15, -0.1) is 0 Å². The number of nitrogens with one attached hydrogen (secondary N) is 1. The number of rotatable bonds is 7. The molecule has 3 rings (SSSR count). The first-order valence-electron chi connectivity index (χ1n) is 9.05. The zero-order chi connectivity index (χ0) is 20.6. The maximum atomic E-state index is 12.3. The van der Waals surface area contributed by atoms with Gasteiger partial charge in [0.05, 0.1) is 30.0 Å². The molecule has 1 N–H and O–H groups in total. The van der Waals surface area contributed by atoms with Gasteiger partial charge in [-0.25, -0.2) is 0 Å². The minimum Gasteiger partial charge on any atom is -0.333 e. The van der Waals surface area contributed by atoms with Crippen molar-refractivity contribution in [2.45, 2.75) is 6.54 Å². The van der Waals surface area contributed by atoms with Crippen molar-refractivity contribution in [1.29, 1.82) is 0 Å². The van der Waals surface area contributed by atoms with Crippen molar-refractivity contribution in [1.82, 2.24) is 14.7 Å². The molecule has 1 heterocycles. The van der Waals surface area contributed by atoms with Gasteiger partial charge in [-0.3, -0.25) is 14.3 Å². The molecule has 0 bridgehead atoms.